The van der Waals surface area contributed by atoms with Gasteiger partial charge in [-0.3, -0.25) is 4.98 Å². The molecule has 2 rings (SSSR count). The molecular weight excluding hydrogens is 264 g/mol. The van der Waals surface area contributed by atoms with Crippen molar-refractivity contribution < 1.29 is 9.47 Å². The number of benzene rings is 1. The molecule has 0 saturated heterocycles. The van der Waals surface area contributed by atoms with E-state index < -0.39 is 0 Å². The van der Waals surface area contributed by atoms with Gasteiger partial charge >= 0.3 is 0 Å². The second kappa shape index (κ2) is 6.14. The van der Waals surface area contributed by atoms with Crippen LogP contribution in [0.2, 0.25) is 0 Å². The molecular formula is C17H22N2O2. The molecule has 0 spiro atoms. The van der Waals surface area contributed by atoms with Crippen LogP contribution in [0.5, 0.6) is 17.2 Å². The molecule has 1 aromatic carbocycles. The number of hydrogen-bond donors (Lipinski definition) is 1. The summed E-state index contributed by atoms with van der Waals surface area (Å²) in [7, 11) is 1.66. The van der Waals surface area contributed by atoms with E-state index in [1.54, 1.807) is 19.5 Å². The second-order valence-electron chi connectivity index (χ2n) is 5.90. The molecule has 0 aliphatic rings. The summed E-state index contributed by atoms with van der Waals surface area (Å²) >= 11 is 0. The zero-order valence-electron chi connectivity index (χ0n) is 13.0. The number of rotatable bonds is 4. The van der Waals surface area contributed by atoms with E-state index in [2.05, 4.69) is 25.8 Å². The zero-order valence-corrected chi connectivity index (χ0v) is 13.0. The van der Waals surface area contributed by atoms with Crippen LogP contribution in [0, 0.1) is 0 Å². The molecule has 1 heterocycles. The zero-order chi connectivity index (χ0) is 15.5. The molecule has 21 heavy (non-hydrogen) atoms. The first-order valence-corrected chi connectivity index (χ1v) is 6.95. The third-order valence-corrected chi connectivity index (χ3v) is 3.30. The number of ether oxygens (including phenoxy) is 2. The maximum Gasteiger partial charge on any atom is 0.150 e. The Morgan fingerprint density at radius 1 is 1.14 bits per heavy atom. The number of nitrogens with two attached hydrogens (primary N) is 1. The quantitative estimate of drug-likeness (QED) is 0.932. The van der Waals surface area contributed by atoms with Crippen molar-refractivity contribution in [3.05, 3.63) is 47.8 Å². The summed E-state index contributed by atoms with van der Waals surface area (Å²) in [5, 5.41) is 0. The molecule has 112 valence electrons. The monoisotopic (exact) mass is 286 g/mol. The van der Waals surface area contributed by atoms with Crippen molar-refractivity contribution in [1.82, 2.24) is 4.98 Å². The van der Waals surface area contributed by atoms with Crippen molar-refractivity contribution >= 4 is 0 Å². The maximum absolute atomic E-state index is 6.06. The molecule has 2 N–H and O–H groups in total. The Kier molecular flexibility index (Phi) is 4.48. The Bertz CT molecular complexity index is 618. The minimum Gasteiger partial charge on any atom is -0.497 e. The molecule has 0 bridgehead atoms. The first kappa shape index (κ1) is 15.3. The smallest absolute Gasteiger partial charge is 0.150 e. The van der Waals surface area contributed by atoms with Crippen molar-refractivity contribution in [1.29, 1.82) is 0 Å². The van der Waals surface area contributed by atoms with Crippen molar-refractivity contribution in [2.75, 3.05) is 7.11 Å². The summed E-state index contributed by atoms with van der Waals surface area (Å²) in [5.74, 6) is 2.30. The first-order chi connectivity index (χ1) is 9.95. The van der Waals surface area contributed by atoms with Crippen molar-refractivity contribution in [2.45, 2.75) is 32.7 Å². The van der Waals surface area contributed by atoms with E-state index in [1.165, 1.54) is 0 Å². The summed E-state index contributed by atoms with van der Waals surface area (Å²) in [6.45, 7) is 6.84. The fourth-order valence-corrected chi connectivity index (χ4v) is 2.10. The number of methoxy groups -OCH3 is 1. The molecule has 0 fully saturated rings. The van der Waals surface area contributed by atoms with Crippen LogP contribution in [-0.2, 0) is 12.0 Å². The molecule has 4 heteroatoms. The summed E-state index contributed by atoms with van der Waals surface area (Å²) in [6, 6.07) is 7.69. The molecule has 0 aliphatic carbocycles. The Hall–Kier alpha value is -2.07. The van der Waals surface area contributed by atoms with E-state index in [0.717, 1.165) is 22.6 Å². The van der Waals surface area contributed by atoms with E-state index in [-0.39, 0.29) is 5.41 Å². The second-order valence-corrected chi connectivity index (χ2v) is 5.90. The van der Waals surface area contributed by atoms with Gasteiger partial charge in [0, 0.05) is 23.9 Å². The SMILES string of the molecule is COc1ccc(Oc2cnccc2CN)c(C(C)(C)C)c1. The van der Waals surface area contributed by atoms with Crippen LogP contribution in [0.3, 0.4) is 0 Å². The fourth-order valence-electron chi connectivity index (χ4n) is 2.10. The maximum atomic E-state index is 6.06. The highest BCUT2D eigenvalue weighted by atomic mass is 16.5. The summed E-state index contributed by atoms with van der Waals surface area (Å²) in [4.78, 5) is 4.11. The fraction of sp³-hybridized carbons (Fsp3) is 0.353. The van der Waals surface area contributed by atoms with Crippen LogP contribution in [0.15, 0.2) is 36.7 Å². The molecule has 0 amide bonds. The van der Waals surface area contributed by atoms with Crippen molar-refractivity contribution in [2.24, 2.45) is 5.73 Å². The number of aromatic nitrogens is 1. The van der Waals surface area contributed by atoms with E-state index in [1.807, 2.05) is 24.3 Å². The van der Waals surface area contributed by atoms with Crippen molar-refractivity contribution in [3.8, 4) is 17.2 Å². The third kappa shape index (κ3) is 3.52. The molecule has 1 aromatic heterocycles. The van der Waals surface area contributed by atoms with Gasteiger partial charge in [0.25, 0.3) is 0 Å². The van der Waals surface area contributed by atoms with Crippen LogP contribution in [-0.4, -0.2) is 12.1 Å². The number of nitrogens with zero attached hydrogens (tertiary/aromatic N) is 1. The van der Waals surface area contributed by atoms with Crippen LogP contribution >= 0.6 is 0 Å². The van der Waals surface area contributed by atoms with Crippen LogP contribution in [0.25, 0.3) is 0 Å². The lowest BCUT2D eigenvalue weighted by Crippen LogP contribution is -2.13. The summed E-state index contributed by atoms with van der Waals surface area (Å²) in [6.07, 6.45) is 3.41. The van der Waals surface area contributed by atoms with Gasteiger partial charge in [0.2, 0.25) is 0 Å². The van der Waals surface area contributed by atoms with Gasteiger partial charge in [-0.25, -0.2) is 0 Å². The van der Waals surface area contributed by atoms with Gasteiger partial charge in [-0.2, -0.15) is 0 Å². The van der Waals surface area contributed by atoms with Crippen LogP contribution in [0.4, 0.5) is 0 Å². The molecule has 0 aliphatic heterocycles. The van der Waals surface area contributed by atoms with Gasteiger partial charge in [-0.05, 0) is 29.7 Å². The predicted octanol–water partition coefficient (Wildman–Crippen LogP) is 3.64. The van der Waals surface area contributed by atoms with Gasteiger partial charge < -0.3 is 15.2 Å². The topological polar surface area (TPSA) is 57.4 Å². The minimum atomic E-state index is -0.0606. The highest BCUT2D eigenvalue weighted by Gasteiger charge is 2.21. The van der Waals surface area contributed by atoms with E-state index >= 15 is 0 Å². The van der Waals surface area contributed by atoms with E-state index in [0.29, 0.717) is 12.3 Å². The van der Waals surface area contributed by atoms with Crippen molar-refractivity contribution in [3.63, 3.8) is 0 Å². The highest BCUT2D eigenvalue weighted by Crippen LogP contribution is 2.37. The van der Waals surface area contributed by atoms with Crippen LogP contribution < -0.4 is 15.2 Å². The lowest BCUT2D eigenvalue weighted by Gasteiger charge is -2.23. The third-order valence-electron chi connectivity index (χ3n) is 3.30. The molecule has 0 radical (unpaired) electrons. The Balaban J connectivity index is 2.44. The number of pyridine rings is 1. The van der Waals surface area contributed by atoms with E-state index in [9.17, 15) is 0 Å². The molecule has 0 unspecified atom stereocenters. The van der Waals surface area contributed by atoms with Crippen LogP contribution in [0.1, 0.15) is 31.9 Å². The highest BCUT2D eigenvalue weighted by molar-refractivity contribution is 5.47. The lowest BCUT2D eigenvalue weighted by molar-refractivity contribution is 0.406. The molecule has 0 saturated carbocycles. The average molecular weight is 286 g/mol. The Morgan fingerprint density at radius 2 is 1.90 bits per heavy atom. The Labute approximate surface area is 125 Å². The lowest BCUT2D eigenvalue weighted by atomic mass is 9.86. The average Bonchev–Trinajstić information content (AvgIpc) is 2.47. The largest absolute Gasteiger partial charge is 0.497 e. The number of hydrogen-bond acceptors (Lipinski definition) is 4. The summed E-state index contributed by atoms with van der Waals surface area (Å²) in [5.41, 5.74) is 7.69. The van der Waals surface area contributed by atoms with Gasteiger partial charge in [-0.15, -0.1) is 0 Å². The van der Waals surface area contributed by atoms with Gasteiger partial charge in [0.05, 0.1) is 13.3 Å². The standard InChI is InChI=1S/C17H22N2O2/c1-17(2,3)14-9-13(20-4)5-6-15(14)21-16-11-19-8-7-12(16)10-18/h5-9,11H,10,18H2,1-4H3. The first-order valence-electron chi connectivity index (χ1n) is 6.95. The predicted molar refractivity (Wildman–Crippen MR) is 83.9 cm³/mol. The minimum absolute atomic E-state index is 0.0606. The normalized spacial score (nSPS) is 11.3. The van der Waals surface area contributed by atoms with E-state index in [4.69, 9.17) is 15.2 Å². The van der Waals surface area contributed by atoms with Gasteiger partial charge in [0.1, 0.15) is 17.2 Å². The van der Waals surface area contributed by atoms with Gasteiger partial charge in [0.15, 0.2) is 0 Å². The molecule has 2 aromatic rings. The summed E-state index contributed by atoms with van der Waals surface area (Å²) < 4.78 is 11.4. The van der Waals surface area contributed by atoms with Gasteiger partial charge in [-0.1, -0.05) is 20.8 Å². The molecule has 0 atom stereocenters. The Morgan fingerprint density at radius 3 is 2.52 bits per heavy atom. The molecule has 4 nitrogen and oxygen atoms in total.